The molecular weight excluding hydrogens is 330 g/mol. The van der Waals surface area contributed by atoms with Crippen molar-refractivity contribution in [3.05, 3.63) is 76.2 Å². The van der Waals surface area contributed by atoms with Crippen molar-refractivity contribution < 1.29 is 9.53 Å². The second-order valence-electron chi connectivity index (χ2n) is 5.70. The van der Waals surface area contributed by atoms with Crippen LogP contribution in [0.5, 0.6) is 0 Å². The minimum atomic E-state index is -1.26. The lowest BCUT2D eigenvalue weighted by Gasteiger charge is -2.11. The van der Waals surface area contributed by atoms with Crippen LogP contribution in [-0.4, -0.2) is 22.4 Å². The molecule has 0 radical (unpaired) electrons. The van der Waals surface area contributed by atoms with Crippen LogP contribution in [0.3, 0.4) is 0 Å². The van der Waals surface area contributed by atoms with Gasteiger partial charge in [-0.1, -0.05) is 42.5 Å². The lowest BCUT2D eigenvalue weighted by molar-refractivity contribution is -0.143. The molecule has 0 saturated heterocycles. The standard InChI is InChI=1S/C20H17N3O3/c1-2-26-20(25)18(12-21)17-10-11-22-23(19(17)24)13-15-8-5-7-14-6-3-4-9-16(14)15/h3-11,18H,2,13H2,1H3. The number of nitrogens with zero attached hydrogens (tertiary/aromatic N) is 3. The molecule has 2 aromatic carbocycles. The molecule has 0 aliphatic heterocycles. The number of rotatable bonds is 5. The maximum absolute atomic E-state index is 12.8. The molecule has 0 amide bonds. The zero-order valence-corrected chi connectivity index (χ0v) is 14.3. The molecular formula is C20H17N3O3. The first-order valence-electron chi connectivity index (χ1n) is 8.24. The van der Waals surface area contributed by atoms with Gasteiger partial charge in [0.25, 0.3) is 5.56 Å². The molecule has 0 N–H and O–H groups in total. The molecule has 0 aliphatic carbocycles. The van der Waals surface area contributed by atoms with Crippen LogP contribution in [0.15, 0.2) is 59.5 Å². The van der Waals surface area contributed by atoms with E-state index in [0.717, 1.165) is 16.3 Å². The summed E-state index contributed by atoms with van der Waals surface area (Å²) in [6.45, 7) is 2.04. The predicted octanol–water partition coefficient (Wildman–Crippen LogP) is 2.62. The van der Waals surface area contributed by atoms with E-state index in [-0.39, 0.29) is 18.7 Å². The smallest absolute Gasteiger partial charge is 0.328 e. The molecule has 0 aliphatic rings. The number of hydrogen-bond donors (Lipinski definition) is 0. The summed E-state index contributed by atoms with van der Waals surface area (Å²) >= 11 is 0. The van der Waals surface area contributed by atoms with Crippen molar-refractivity contribution in [3.63, 3.8) is 0 Å². The molecule has 1 aromatic heterocycles. The normalized spacial score (nSPS) is 11.7. The molecule has 6 nitrogen and oxygen atoms in total. The summed E-state index contributed by atoms with van der Waals surface area (Å²) in [5.74, 6) is -1.99. The maximum atomic E-state index is 12.8. The Morgan fingerprint density at radius 3 is 2.77 bits per heavy atom. The van der Waals surface area contributed by atoms with Gasteiger partial charge >= 0.3 is 5.97 Å². The van der Waals surface area contributed by atoms with Crippen molar-refractivity contribution in [1.29, 1.82) is 5.26 Å². The number of ether oxygens (including phenoxy) is 1. The topological polar surface area (TPSA) is 85.0 Å². The third kappa shape index (κ3) is 3.33. The van der Waals surface area contributed by atoms with E-state index in [0.29, 0.717) is 0 Å². The molecule has 3 aromatic rings. The van der Waals surface area contributed by atoms with Crippen LogP contribution in [0.4, 0.5) is 0 Å². The third-order valence-corrected chi connectivity index (χ3v) is 4.10. The Kier molecular flexibility index (Phi) is 5.09. The number of carbonyl (C=O) groups is 1. The highest BCUT2D eigenvalue weighted by Gasteiger charge is 2.25. The summed E-state index contributed by atoms with van der Waals surface area (Å²) in [6.07, 6.45) is 1.42. The number of aromatic nitrogens is 2. The molecule has 26 heavy (non-hydrogen) atoms. The number of nitriles is 1. The Bertz CT molecular complexity index is 1040. The minimum absolute atomic E-state index is 0.0705. The minimum Gasteiger partial charge on any atom is -0.465 e. The van der Waals surface area contributed by atoms with Gasteiger partial charge in [0.1, 0.15) is 0 Å². The van der Waals surface area contributed by atoms with E-state index in [9.17, 15) is 14.9 Å². The first-order valence-corrected chi connectivity index (χ1v) is 8.24. The second kappa shape index (κ2) is 7.62. The molecule has 0 fully saturated rings. The van der Waals surface area contributed by atoms with Crippen molar-refractivity contribution in [2.75, 3.05) is 6.61 Å². The van der Waals surface area contributed by atoms with Crippen LogP contribution in [0.2, 0.25) is 0 Å². The van der Waals surface area contributed by atoms with Gasteiger partial charge in [0.15, 0.2) is 5.92 Å². The molecule has 1 atom stereocenters. The average Bonchev–Trinajstić information content (AvgIpc) is 2.66. The fraction of sp³-hybridized carbons (Fsp3) is 0.200. The number of hydrogen-bond acceptors (Lipinski definition) is 5. The molecule has 0 spiro atoms. The summed E-state index contributed by atoms with van der Waals surface area (Å²) in [6, 6.07) is 17.0. The largest absolute Gasteiger partial charge is 0.465 e. The van der Waals surface area contributed by atoms with Crippen LogP contribution in [0.25, 0.3) is 10.8 Å². The zero-order valence-electron chi connectivity index (χ0n) is 14.3. The Morgan fingerprint density at radius 1 is 1.23 bits per heavy atom. The van der Waals surface area contributed by atoms with E-state index < -0.39 is 17.4 Å². The monoisotopic (exact) mass is 347 g/mol. The number of esters is 1. The Balaban J connectivity index is 2.01. The molecule has 0 bridgehead atoms. The van der Waals surface area contributed by atoms with Gasteiger partial charge in [-0.15, -0.1) is 0 Å². The highest BCUT2D eigenvalue weighted by atomic mass is 16.5. The summed E-state index contributed by atoms with van der Waals surface area (Å²) in [5.41, 5.74) is 0.528. The van der Waals surface area contributed by atoms with Gasteiger partial charge in [0.05, 0.1) is 19.2 Å². The number of benzene rings is 2. The Hall–Kier alpha value is -3.46. The van der Waals surface area contributed by atoms with E-state index in [1.807, 2.05) is 48.5 Å². The molecule has 6 heteroatoms. The molecule has 0 saturated carbocycles. The fourth-order valence-corrected chi connectivity index (χ4v) is 2.87. The summed E-state index contributed by atoms with van der Waals surface area (Å²) in [4.78, 5) is 24.7. The summed E-state index contributed by atoms with van der Waals surface area (Å²) < 4.78 is 6.15. The van der Waals surface area contributed by atoms with E-state index in [1.165, 1.54) is 16.9 Å². The molecule has 1 heterocycles. The van der Waals surface area contributed by atoms with Gasteiger partial charge in [-0.3, -0.25) is 9.59 Å². The van der Waals surface area contributed by atoms with Gasteiger partial charge in [0.2, 0.25) is 0 Å². The van der Waals surface area contributed by atoms with Crippen molar-refractivity contribution in [1.82, 2.24) is 9.78 Å². The van der Waals surface area contributed by atoms with Crippen LogP contribution >= 0.6 is 0 Å². The van der Waals surface area contributed by atoms with Crippen molar-refractivity contribution in [2.45, 2.75) is 19.4 Å². The van der Waals surface area contributed by atoms with Crippen LogP contribution < -0.4 is 5.56 Å². The van der Waals surface area contributed by atoms with Crippen LogP contribution in [0, 0.1) is 11.3 Å². The van der Waals surface area contributed by atoms with E-state index in [1.54, 1.807) is 6.92 Å². The van der Waals surface area contributed by atoms with Gasteiger partial charge in [0, 0.05) is 11.8 Å². The molecule has 1 unspecified atom stereocenters. The van der Waals surface area contributed by atoms with E-state index in [4.69, 9.17) is 4.74 Å². The van der Waals surface area contributed by atoms with E-state index >= 15 is 0 Å². The summed E-state index contributed by atoms with van der Waals surface area (Å²) in [7, 11) is 0. The number of carbonyl (C=O) groups excluding carboxylic acids is 1. The lowest BCUT2D eigenvalue weighted by atomic mass is 10.0. The molecule has 130 valence electrons. The third-order valence-electron chi connectivity index (χ3n) is 4.10. The zero-order chi connectivity index (χ0) is 18.5. The predicted molar refractivity (Wildman–Crippen MR) is 96.5 cm³/mol. The Morgan fingerprint density at radius 2 is 2.00 bits per heavy atom. The quantitative estimate of drug-likeness (QED) is 0.662. The van der Waals surface area contributed by atoms with Gasteiger partial charge < -0.3 is 4.74 Å². The van der Waals surface area contributed by atoms with Crippen molar-refractivity contribution >= 4 is 16.7 Å². The van der Waals surface area contributed by atoms with Gasteiger partial charge in [-0.25, -0.2) is 4.68 Å². The average molecular weight is 347 g/mol. The maximum Gasteiger partial charge on any atom is 0.328 e. The Labute approximate surface area is 150 Å². The van der Waals surface area contributed by atoms with Crippen LogP contribution in [-0.2, 0) is 16.1 Å². The number of fused-ring (bicyclic) bond motifs is 1. The lowest BCUT2D eigenvalue weighted by Crippen LogP contribution is -2.30. The highest BCUT2D eigenvalue weighted by molar-refractivity contribution is 5.85. The van der Waals surface area contributed by atoms with E-state index in [2.05, 4.69) is 5.10 Å². The SMILES string of the molecule is CCOC(=O)C(C#N)c1ccnn(Cc2cccc3ccccc23)c1=O. The van der Waals surface area contributed by atoms with Crippen molar-refractivity contribution in [2.24, 2.45) is 0 Å². The first kappa shape index (κ1) is 17.4. The first-order chi connectivity index (χ1) is 12.7. The van der Waals surface area contributed by atoms with Crippen molar-refractivity contribution in [3.8, 4) is 6.07 Å². The highest BCUT2D eigenvalue weighted by Crippen LogP contribution is 2.19. The second-order valence-corrected chi connectivity index (χ2v) is 5.70. The molecule has 3 rings (SSSR count). The van der Waals surface area contributed by atoms with Gasteiger partial charge in [-0.05, 0) is 29.3 Å². The fourth-order valence-electron chi connectivity index (χ4n) is 2.87. The van der Waals surface area contributed by atoms with Crippen LogP contribution in [0.1, 0.15) is 24.0 Å². The van der Waals surface area contributed by atoms with Gasteiger partial charge in [-0.2, -0.15) is 10.4 Å². The summed E-state index contributed by atoms with van der Waals surface area (Å²) in [5, 5.41) is 15.5.